The van der Waals surface area contributed by atoms with Gasteiger partial charge in [0.25, 0.3) is 0 Å². The number of hydrogen-bond donors (Lipinski definition) is 2. The molecule has 4 unspecified atom stereocenters. The Bertz CT molecular complexity index is 256. The van der Waals surface area contributed by atoms with Gasteiger partial charge in [-0.25, -0.2) is 0 Å². The molecule has 0 saturated heterocycles. The number of nitrogens with one attached hydrogen (secondary N) is 1. The third kappa shape index (κ3) is 3.71. The van der Waals surface area contributed by atoms with Gasteiger partial charge in [-0.3, -0.25) is 0 Å². The van der Waals surface area contributed by atoms with E-state index in [9.17, 15) is 0 Å². The fraction of sp³-hybridized carbons (Fsp3) is 1.00. The summed E-state index contributed by atoms with van der Waals surface area (Å²) >= 11 is 0. The summed E-state index contributed by atoms with van der Waals surface area (Å²) < 4.78 is 0. The summed E-state index contributed by atoms with van der Waals surface area (Å²) in [5.74, 6) is 0.837. The molecule has 0 radical (unpaired) electrons. The maximum Gasteiger partial charge on any atom is 0.0103 e. The van der Waals surface area contributed by atoms with Crippen LogP contribution in [0.3, 0.4) is 0 Å². The van der Waals surface area contributed by atoms with Crippen molar-refractivity contribution in [2.75, 3.05) is 0 Å². The second-order valence-corrected chi connectivity index (χ2v) is 7.65. The van der Waals surface area contributed by atoms with Crippen LogP contribution in [0, 0.1) is 11.3 Å². The molecule has 0 amide bonds. The van der Waals surface area contributed by atoms with Crippen molar-refractivity contribution in [1.29, 1.82) is 0 Å². The monoisotopic (exact) mass is 252 g/mol. The van der Waals surface area contributed by atoms with Crippen molar-refractivity contribution < 1.29 is 0 Å². The Hall–Kier alpha value is -0.0800. The zero-order chi connectivity index (χ0) is 13.2. The van der Waals surface area contributed by atoms with Crippen molar-refractivity contribution in [1.82, 2.24) is 5.32 Å². The standard InChI is InChI=1S/C16H32N2/c1-16(2,3)14-9-4-5-10-15(14)18-13-8-6-7-12(17)11-13/h12-15,18H,4-11,17H2,1-3H3. The molecule has 0 aromatic carbocycles. The Morgan fingerprint density at radius 3 is 2.33 bits per heavy atom. The summed E-state index contributed by atoms with van der Waals surface area (Å²) in [6.45, 7) is 7.22. The van der Waals surface area contributed by atoms with E-state index in [-0.39, 0.29) is 0 Å². The lowest BCUT2D eigenvalue weighted by Crippen LogP contribution is -2.50. The molecule has 0 aromatic rings. The Morgan fingerprint density at radius 2 is 1.67 bits per heavy atom. The maximum absolute atomic E-state index is 6.11. The second-order valence-electron chi connectivity index (χ2n) is 7.65. The molecule has 18 heavy (non-hydrogen) atoms. The SMILES string of the molecule is CC(C)(C)C1CCCCC1NC1CCCC(N)C1. The van der Waals surface area contributed by atoms with E-state index in [1.807, 2.05) is 0 Å². The second kappa shape index (κ2) is 5.92. The lowest BCUT2D eigenvalue weighted by atomic mass is 9.69. The van der Waals surface area contributed by atoms with Crippen LogP contribution in [0.1, 0.15) is 72.1 Å². The maximum atomic E-state index is 6.11. The van der Waals surface area contributed by atoms with Gasteiger partial charge in [0.05, 0.1) is 0 Å². The minimum atomic E-state index is 0.438. The summed E-state index contributed by atoms with van der Waals surface area (Å²) in [5, 5.41) is 3.96. The van der Waals surface area contributed by atoms with Crippen LogP contribution in [0.15, 0.2) is 0 Å². The molecule has 2 saturated carbocycles. The van der Waals surface area contributed by atoms with E-state index in [4.69, 9.17) is 5.73 Å². The van der Waals surface area contributed by atoms with E-state index in [0.29, 0.717) is 17.5 Å². The van der Waals surface area contributed by atoms with Crippen LogP contribution in [-0.2, 0) is 0 Å². The van der Waals surface area contributed by atoms with Crippen molar-refractivity contribution in [3.63, 3.8) is 0 Å². The Labute approximate surface area is 113 Å². The molecule has 2 heteroatoms. The van der Waals surface area contributed by atoms with Gasteiger partial charge >= 0.3 is 0 Å². The summed E-state index contributed by atoms with van der Waals surface area (Å²) in [4.78, 5) is 0. The van der Waals surface area contributed by atoms with Crippen LogP contribution < -0.4 is 11.1 Å². The molecule has 106 valence electrons. The van der Waals surface area contributed by atoms with Crippen LogP contribution in [0.2, 0.25) is 0 Å². The van der Waals surface area contributed by atoms with Crippen molar-refractivity contribution >= 4 is 0 Å². The lowest BCUT2D eigenvalue weighted by Gasteiger charge is -2.43. The molecule has 4 atom stereocenters. The van der Waals surface area contributed by atoms with Crippen molar-refractivity contribution in [2.24, 2.45) is 17.1 Å². The highest BCUT2D eigenvalue weighted by Gasteiger charge is 2.35. The van der Waals surface area contributed by atoms with Gasteiger partial charge in [-0.1, -0.05) is 40.0 Å². The zero-order valence-corrected chi connectivity index (χ0v) is 12.5. The fourth-order valence-electron chi connectivity index (χ4n) is 4.05. The van der Waals surface area contributed by atoms with Gasteiger partial charge in [0, 0.05) is 18.1 Å². The summed E-state index contributed by atoms with van der Waals surface area (Å²) in [5.41, 5.74) is 6.55. The molecular weight excluding hydrogens is 220 g/mol. The predicted octanol–water partition coefficient (Wildman–Crippen LogP) is 3.45. The van der Waals surface area contributed by atoms with Crippen LogP contribution in [0.5, 0.6) is 0 Å². The molecule has 0 heterocycles. The highest BCUT2D eigenvalue weighted by molar-refractivity contribution is 4.91. The molecule has 2 fully saturated rings. The van der Waals surface area contributed by atoms with E-state index >= 15 is 0 Å². The summed E-state index contributed by atoms with van der Waals surface area (Å²) in [6.07, 6.45) is 10.7. The minimum absolute atomic E-state index is 0.438. The van der Waals surface area contributed by atoms with Gasteiger partial charge in [0.1, 0.15) is 0 Å². The van der Waals surface area contributed by atoms with Crippen LogP contribution in [-0.4, -0.2) is 18.1 Å². The van der Waals surface area contributed by atoms with Gasteiger partial charge in [-0.15, -0.1) is 0 Å². The molecule has 2 aliphatic rings. The van der Waals surface area contributed by atoms with Crippen molar-refractivity contribution in [3.8, 4) is 0 Å². The highest BCUT2D eigenvalue weighted by atomic mass is 15.0. The van der Waals surface area contributed by atoms with Crippen molar-refractivity contribution in [2.45, 2.75) is 90.3 Å². The quantitative estimate of drug-likeness (QED) is 0.790. The van der Waals surface area contributed by atoms with Crippen LogP contribution in [0.25, 0.3) is 0 Å². The van der Waals surface area contributed by atoms with Gasteiger partial charge in [-0.05, 0) is 43.4 Å². The molecule has 0 aromatic heterocycles. The minimum Gasteiger partial charge on any atom is -0.328 e. The topological polar surface area (TPSA) is 38.0 Å². The average Bonchev–Trinajstić information content (AvgIpc) is 2.28. The summed E-state index contributed by atoms with van der Waals surface area (Å²) in [6, 6.07) is 1.85. The van der Waals surface area contributed by atoms with E-state index < -0.39 is 0 Å². The number of rotatable bonds is 2. The molecule has 0 aliphatic heterocycles. The lowest BCUT2D eigenvalue weighted by molar-refractivity contribution is 0.116. The molecule has 2 aliphatic carbocycles. The normalized spacial score (nSPS) is 38.7. The Morgan fingerprint density at radius 1 is 0.944 bits per heavy atom. The largest absolute Gasteiger partial charge is 0.328 e. The van der Waals surface area contributed by atoms with E-state index in [2.05, 4.69) is 26.1 Å². The van der Waals surface area contributed by atoms with Gasteiger partial charge in [0.15, 0.2) is 0 Å². The smallest absolute Gasteiger partial charge is 0.0103 e. The van der Waals surface area contributed by atoms with Crippen molar-refractivity contribution in [3.05, 3.63) is 0 Å². The number of nitrogens with two attached hydrogens (primary N) is 1. The first-order chi connectivity index (χ1) is 8.47. The Kier molecular flexibility index (Phi) is 4.71. The summed E-state index contributed by atoms with van der Waals surface area (Å²) in [7, 11) is 0. The average molecular weight is 252 g/mol. The Balaban J connectivity index is 1.93. The van der Waals surface area contributed by atoms with Crippen LogP contribution >= 0.6 is 0 Å². The fourth-order valence-corrected chi connectivity index (χ4v) is 4.05. The molecular formula is C16H32N2. The molecule has 0 bridgehead atoms. The third-order valence-corrected chi connectivity index (χ3v) is 5.04. The zero-order valence-electron chi connectivity index (χ0n) is 12.5. The van der Waals surface area contributed by atoms with E-state index in [0.717, 1.165) is 12.0 Å². The first-order valence-electron chi connectivity index (χ1n) is 7.98. The molecule has 0 spiro atoms. The molecule has 3 N–H and O–H groups in total. The first kappa shape index (κ1) is 14.3. The third-order valence-electron chi connectivity index (χ3n) is 5.04. The van der Waals surface area contributed by atoms with E-state index in [1.165, 1.54) is 51.4 Å². The van der Waals surface area contributed by atoms with E-state index in [1.54, 1.807) is 0 Å². The highest BCUT2D eigenvalue weighted by Crippen LogP contribution is 2.38. The van der Waals surface area contributed by atoms with Crippen LogP contribution in [0.4, 0.5) is 0 Å². The molecule has 2 nitrogen and oxygen atoms in total. The van der Waals surface area contributed by atoms with Gasteiger partial charge < -0.3 is 11.1 Å². The first-order valence-corrected chi connectivity index (χ1v) is 7.98. The molecule has 2 rings (SSSR count). The van der Waals surface area contributed by atoms with Gasteiger partial charge in [-0.2, -0.15) is 0 Å². The predicted molar refractivity (Wildman–Crippen MR) is 78.6 cm³/mol. The number of hydrogen-bond acceptors (Lipinski definition) is 2. The van der Waals surface area contributed by atoms with Gasteiger partial charge in [0.2, 0.25) is 0 Å².